The van der Waals surface area contributed by atoms with Crippen molar-refractivity contribution < 1.29 is 4.42 Å². The van der Waals surface area contributed by atoms with Crippen LogP contribution in [-0.4, -0.2) is 12.0 Å². The summed E-state index contributed by atoms with van der Waals surface area (Å²) >= 11 is 6.19. The number of halogens is 1. The van der Waals surface area contributed by atoms with Crippen LogP contribution in [0.1, 0.15) is 24.2 Å². The van der Waals surface area contributed by atoms with Crippen LogP contribution >= 0.6 is 11.6 Å². The summed E-state index contributed by atoms with van der Waals surface area (Å²) in [6, 6.07) is 8.37. The zero-order valence-corrected chi connectivity index (χ0v) is 11.2. The summed E-state index contributed by atoms with van der Waals surface area (Å²) in [4.78, 5) is 6.23. The third-order valence-electron chi connectivity index (χ3n) is 2.99. The topological polar surface area (TPSA) is 55.3 Å². The molecule has 2 aromatic rings. The number of nitrogens with zero attached hydrogens (tertiary/aromatic N) is 2. The van der Waals surface area contributed by atoms with Crippen molar-refractivity contribution >= 4 is 17.6 Å². The van der Waals surface area contributed by atoms with Crippen molar-refractivity contribution in [1.29, 1.82) is 0 Å². The quantitative estimate of drug-likeness (QED) is 0.923. The van der Waals surface area contributed by atoms with E-state index in [-0.39, 0.29) is 6.04 Å². The monoisotopic (exact) mass is 265 g/mol. The largest absolute Gasteiger partial charge is 0.432 e. The van der Waals surface area contributed by atoms with Gasteiger partial charge in [-0.2, -0.15) is 4.98 Å². The number of hydrogen-bond donors (Lipinski definition) is 1. The molecule has 0 aliphatic heterocycles. The van der Waals surface area contributed by atoms with Crippen molar-refractivity contribution in [2.45, 2.75) is 19.5 Å². The maximum absolute atomic E-state index is 6.19. The maximum Gasteiger partial charge on any atom is 0.297 e. The van der Waals surface area contributed by atoms with Crippen LogP contribution < -0.4 is 10.6 Å². The van der Waals surface area contributed by atoms with Crippen molar-refractivity contribution in [1.82, 2.24) is 4.98 Å². The number of benzene rings is 1. The van der Waals surface area contributed by atoms with Gasteiger partial charge in [-0.05, 0) is 18.6 Å². The molecule has 0 spiro atoms. The first kappa shape index (κ1) is 12.9. The van der Waals surface area contributed by atoms with Crippen molar-refractivity contribution in [3.8, 4) is 0 Å². The normalized spacial score (nSPS) is 12.4. The van der Waals surface area contributed by atoms with Crippen LogP contribution in [0, 0.1) is 0 Å². The Labute approximate surface area is 111 Å². The summed E-state index contributed by atoms with van der Waals surface area (Å²) in [5.41, 5.74) is 7.29. The number of anilines is 1. The molecule has 1 aromatic heterocycles. The van der Waals surface area contributed by atoms with Gasteiger partial charge in [0.1, 0.15) is 6.26 Å². The number of hydrogen-bond acceptors (Lipinski definition) is 4. The number of rotatable bonds is 4. The van der Waals surface area contributed by atoms with Gasteiger partial charge in [0.2, 0.25) is 0 Å². The molecule has 0 amide bonds. The van der Waals surface area contributed by atoms with Crippen molar-refractivity contribution in [2.24, 2.45) is 5.73 Å². The molecule has 1 heterocycles. The molecule has 0 aliphatic carbocycles. The second-order valence-corrected chi connectivity index (χ2v) is 4.54. The first-order chi connectivity index (χ1) is 8.63. The first-order valence-corrected chi connectivity index (χ1v) is 6.13. The van der Waals surface area contributed by atoms with E-state index in [4.69, 9.17) is 21.8 Å². The van der Waals surface area contributed by atoms with E-state index in [1.807, 2.05) is 43.1 Å². The molecule has 0 aliphatic rings. The first-order valence-electron chi connectivity index (χ1n) is 5.75. The Morgan fingerprint density at radius 2 is 2.17 bits per heavy atom. The molecule has 1 aromatic carbocycles. The van der Waals surface area contributed by atoms with Crippen LogP contribution in [0.3, 0.4) is 0 Å². The fourth-order valence-corrected chi connectivity index (χ4v) is 2.03. The molecule has 0 radical (unpaired) electrons. The van der Waals surface area contributed by atoms with Gasteiger partial charge < -0.3 is 15.1 Å². The van der Waals surface area contributed by atoms with Gasteiger partial charge in [0.15, 0.2) is 0 Å². The summed E-state index contributed by atoms with van der Waals surface area (Å²) in [6.07, 6.45) is 1.57. The number of nitrogens with two attached hydrogens (primary N) is 1. The summed E-state index contributed by atoms with van der Waals surface area (Å²) in [5, 5.41) is 0.738. The Morgan fingerprint density at radius 1 is 1.44 bits per heavy atom. The van der Waals surface area contributed by atoms with Crippen LogP contribution in [0.15, 0.2) is 34.9 Å². The van der Waals surface area contributed by atoms with E-state index in [0.717, 1.165) is 16.3 Å². The molecule has 96 valence electrons. The molecule has 2 rings (SSSR count). The average molecular weight is 266 g/mol. The van der Waals surface area contributed by atoms with Gasteiger partial charge in [-0.15, -0.1) is 0 Å². The third-order valence-corrected chi connectivity index (χ3v) is 3.33. The van der Waals surface area contributed by atoms with E-state index in [1.165, 1.54) is 0 Å². The van der Waals surface area contributed by atoms with Crippen LogP contribution in [-0.2, 0) is 6.54 Å². The van der Waals surface area contributed by atoms with Crippen molar-refractivity contribution in [2.75, 3.05) is 11.9 Å². The standard InChI is InChI=1S/C13H16ClN3O/c1-9(11-5-3-4-6-12(11)14)17(2)13-16-10(7-15)8-18-13/h3-6,8-9H,7,15H2,1-2H3. The third kappa shape index (κ3) is 2.49. The summed E-state index contributed by atoms with van der Waals surface area (Å²) in [5.74, 6) is 0. The molecular formula is C13H16ClN3O. The number of oxazole rings is 1. The lowest BCUT2D eigenvalue weighted by atomic mass is 10.1. The summed E-state index contributed by atoms with van der Waals surface area (Å²) < 4.78 is 5.39. The summed E-state index contributed by atoms with van der Waals surface area (Å²) in [6.45, 7) is 2.42. The molecule has 5 heteroatoms. The number of aromatic nitrogens is 1. The fraction of sp³-hybridized carbons (Fsp3) is 0.308. The van der Waals surface area contributed by atoms with Gasteiger partial charge in [-0.1, -0.05) is 29.8 Å². The highest BCUT2D eigenvalue weighted by atomic mass is 35.5. The van der Waals surface area contributed by atoms with Gasteiger partial charge in [-0.25, -0.2) is 0 Å². The van der Waals surface area contributed by atoms with Crippen LogP contribution in [0.5, 0.6) is 0 Å². The van der Waals surface area contributed by atoms with Gasteiger partial charge >= 0.3 is 0 Å². The lowest BCUT2D eigenvalue weighted by Crippen LogP contribution is -2.22. The van der Waals surface area contributed by atoms with E-state index < -0.39 is 0 Å². The maximum atomic E-state index is 6.19. The molecule has 1 unspecified atom stereocenters. The van der Waals surface area contributed by atoms with Crippen LogP contribution in [0.25, 0.3) is 0 Å². The average Bonchev–Trinajstić information content (AvgIpc) is 2.86. The molecule has 0 saturated heterocycles. The molecule has 18 heavy (non-hydrogen) atoms. The van der Waals surface area contributed by atoms with Crippen LogP contribution in [0.4, 0.5) is 6.01 Å². The Morgan fingerprint density at radius 3 is 2.78 bits per heavy atom. The van der Waals surface area contributed by atoms with E-state index in [1.54, 1.807) is 6.26 Å². The van der Waals surface area contributed by atoms with E-state index >= 15 is 0 Å². The Balaban J connectivity index is 2.23. The van der Waals surface area contributed by atoms with Crippen molar-refractivity contribution in [3.05, 3.63) is 46.8 Å². The predicted octanol–water partition coefficient (Wildman–Crippen LogP) is 2.98. The molecule has 0 bridgehead atoms. The minimum atomic E-state index is 0.0722. The van der Waals surface area contributed by atoms with Gasteiger partial charge in [0.05, 0.1) is 11.7 Å². The second kappa shape index (κ2) is 5.42. The highest BCUT2D eigenvalue weighted by Gasteiger charge is 2.18. The molecule has 0 saturated carbocycles. The van der Waals surface area contributed by atoms with Gasteiger partial charge in [0, 0.05) is 18.6 Å². The smallest absolute Gasteiger partial charge is 0.297 e. The van der Waals surface area contributed by atoms with E-state index in [9.17, 15) is 0 Å². The minimum absolute atomic E-state index is 0.0722. The second-order valence-electron chi connectivity index (χ2n) is 4.13. The summed E-state index contributed by atoms with van der Waals surface area (Å²) in [7, 11) is 1.92. The Kier molecular flexibility index (Phi) is 3.89. The highest BCUT2D eigenvalue weighted by Crippen LogP contribution is 2.29. The van der Waals surface area contributed by atoms with Gasteiger partial charge in [-0.3, -0.25) is 0 Å². The van der Waals surface area contributed by atoms with Crippen LogP contribution in [0.2, 0.25) is 5.02 Å². The highest BCUT2D eigenvalue weighted by molar-refractivity contribution is 6.31. The van der Waals surface area contributed by atoms with Crippen molar-refractivity contribution in [3.63, 3.8) is 0 Å². The predicted molar refractivity (Wildman–Crippen MR) is 72.7 cm³/mol. The lowest BCUT2D eigenvalue weighted by molar-refractivity contribution is 0.525. The minimum Gasteiger partial charge on any atom is -0.432 e. The Hall–Kier alpha value is -1.52. The zero-order chi connectivity index (χ0) is 13.1. The molecule has 4 nitrogen and oxygen atoms in total. The molecule has 2 N–H and O–H groups in total. The zero-order valence-electron chi connectivity index (χ0n) is 10.4. The molecule has 1 atom stereocenters. The SMILES string of the molecule is CC(c1ccccc1Cl)N(C)c1nc(CN)co1. The Bertz CT molecular complexity index is 526. The lowest BCUT2D eigenvalue weighted by Gasteiger charge is -2.24. The van der Waals surface area contributed by atoms with E-state index in [0.29, 0.717) is 12.6 Å². The molecular weight excluding hydrogens is 250 g/mol. The fourth-order valence-electron chi connectivity index (χ4n) is 1.74. The van der Waals surface area contributed by atoms with Gasteiger partial charge in [0.25, 0.3) is 6.01 Å². The molecule has 0 fully saturated rings. The van der Waals surface area contributed by atoms with E-state index in [2.05, 4.69) is 4.98 Å².